The van der Waals surface area contributed by atoms with Crippen molar-refractivity contribution in [1.29, 1.82) is 0 Å². The van der Waals surface area contributed by atoms with Gasteiger partial charge < -0.3 is 19.7 Å². The predicted octanol–water partition coefficient (Wildman–Crippen LogP) is 3.71. The van der Waals surface area contributed by atoms with E-state index in [0.29, 0.717) is 0 Å². The van der Waals surface area contributed by atoms with Crippen molar-refractivity contribution in [1.82, 2.24) is 9.88 Å². The van der Waals surface area contributed by atoms with Gasteiger partial charge in [-0.25, -0.2) is 0 Å². The Kier molecular flexibility index (Phi) is 4.51. The number of aromatic nitrogens is 1. The molecule has 1 aromatic heterocycles. The average Bonchev–Trinajstić information content (AvgIpc) is 3.07. The Labute approximate surface area is 143 Å². The number of benzene rings is 1. The molecule has 24 heavy (non-hydrogen) atoms. The maximum atomic E-state index is 10.7. The molecular weight excluding hydrogens is 300 g/mol. The minimum absolute atomic E-state index is 0.280. The zero-order valence-electron chi connectivity index (χ0n) is 14.3. The average molecular weight is 328 g/mol. The van der Waals surface area contributed by atoms with Gasteiger partial charge in [-0.1, -0.05) is 25.3 Å². The second-order valence-electron chi connectivity index (χ2n) is 7.57. The molecule has 0 spiro atoms. The van der Waals surface area contributed by atoms with Gasteiger partial charge in [0, 0.05) is 36.7 Å². The lowest BCUT2D eigenvalue weighted by Gasteiger charge is -2.40. The number of likely N-dealkylation sites (tertiary alicyclic amines) is 1. The van der Waals surface area contributed by atoms with Crippen molar-refractivity contribution in [3.8, 4) is 5.75 Å². The van der Waals surface area contributed by atoms with Crippen LogP contribution in [-0.4, -0.2) is 46.3 Å². The molecule has 2 aromatic rings. The van der Waals surface area contributed by atoms with Gasteiger partial charge in [-0.05, 0) is 43.9 Å². The summed E-state index contributed by atoms with van der Waals surface area (Å²) in [6.07, 6.45) is 9.90. The van der Waals surface area contributed by atoms with Crippen molar-refractivity contribution < 1.29 is 9.84 Å². The molecule has 2 heterocycles. The third-order valence-electron chi connectivity index (χ3n) is 5.69. The summed E-state index contributed by atoms with van der Waals surface area (Å²) in [6.45, 7) is 2.89. The molecule has 0 bridgehead atoms. The Morgan fingerprint density at radius 1 is 1.12 bits per heavy atom. The maximum absolute atomic E-state index is 10.7. The molecule has 1 saturated carbocycles. The van der Waals surface area contributed by atoms with Gasteiger partial charge in [0.15, 0.2) is 0 Å². The van der Waals surface area contributed by atoms with Gasteiger partial charge >= 0.3 is 0 Å². The molecule has 2 N–H and O–H groups in total. The van der Waals surface area contributed by atoms with Crippen LogP contribution in [0.5, 0.6) is 5.75 Å². The minimum Gasteiger partial charge on any atom is -0.490 e. The van der Waals surface area contributed by atoms with Crippen LogP contribution >= 0.6 is 0 Å². The minimum atomic E-state index is -0.442. The number of piperidine rings is 1. The van der Waals surface area contributed by atoms with Crippen LogP contribution in [0, 0.1) is 0 Å². The molecule has 0 atom stereocenters. The zero-order chi connectivity index (χ0) is 16.4. The molecule has 2 fully saturated rings. The Balaban J connectivity index is 1.32. The van der Waals surface area contributed by atoms with Gasteiger partial charge in [0.05, 0.1) is 5.60 Å². The van der Waals surface area contributed by atoms with Crippen molar-refractivity contribution in [3.05, 3.63) is 30.5 Å². The van der Waals surface area contributed by atoms with Crippen LogP contribution in [0.3, 0.4) is 0 Å². The van der Waals surface area contributed by atoms with E-state index in [4.69, 9.17) is 4.74 Å². The lowest BCUT2D eigenvalue weighted by Crippen LogP contribution is -2.48. The number of H-pyrrole nitrogens is 1. The van der Waals surface area contributed by atoms with Gasteiger partial charge in [-0.15, -0.1) is 0 Å². The van der Waals surface area contributed by atoms with Crippen LogP contribution in [0.4, 0.5) is 0 Å². The normalized spacial score (nSPS) is 22.7. The highest BCUT2D eigenvalue weighted by atomic mass is 16.5. The first-order valence-corrected chi connectivity index (χ1v) is 9.39. The smallest absolute Gasteiger partial charge is 0.129 e. The van der Waals surface area contributed by atoms with Crippen LogP contribution in [-0.2, 0) is 0 Å². The number of aromatic amines is 1. The predicted molar refractivity (Wildman–Crippen MR) is 96.4 cm³/mol. The summed E-state index contributed by atoms with van der Waals surface area (Å²) in [6, 6.07) is 8.27. The Morgan fingerprint density at radius 2 is 1.92 bits per heavy atom. The number of hydrogen-bond acceptors (Lipinski definition) is 3. The largest absolute Gasteiger partial charge is 0.490 e. The lowest BCUT2D eigenvalue weighted by molar-refractivity contribution is -0.0366. The molecule has 4 rings (SSSR count). The summed E-state index contributed by atoms with van der Waals surface area (Å²) in [5.41, 5.74) is 0.687. The van der Waals surface area contributed by atoms with Gasteiger partial charge in [0.25, 0.3) is 0 Å². The number of ether oxygens (including phenoxy) is 1. The molecule has 2 aliphatic rings. The molecule has 1 aliphatic heterocycles. The van der Waals surface area contributed by atoms with Crippen molar-refractivity contribution in [3.63, 3.8) is 0 Å². The highest BCUT2D eigenvalue weighted by Gasteiger charge is 2.33. The van der Waals surface area contributed by atoms with Crippen LogP contribution in [0.2, 0.25) is 0 Å². The number of rotatable bonds is 4. The van der Waals surface area contributed by atoms with E-state index in [0.717, 1.165) is 62.0 Å². The number of hydrogen-bond donors (Lipinski definition) is 2. The van der Waals surface area contributed by atoms with Gasteiger partial charge in [0.2, 0.25) is 0 Å². The first-order chi connectivity index (χ1) is 11.7. The Hall–Kier alpha value is -1.52. The summed E-state index contributed by atoms with van der Waals surface area (Å²) in [5, 5.41) is 11.9. The molecule has 1 saturated heterocycles. The molecule has 130 valence electrons. The molecule has 4 nitrogen and oxygen atoms in total. The van der Waals surface area contributed by atoms with E-state index in [1.165, 1.54) is 19.3 Å². The fourth-order valence-electron chi connectivity index (χ4n) is 4.31. The first kappa shape index (κ1) is 16.0. The number of nitrogens with one attached hydrogen (secondary N) is 1. The molecule has 1 aliphatic carbocycles. The topological polar surface area (TPSA) is 48.5 Å². The van der Waals surface area contributed by atoms with E-state index in [1.54, 1.807) is 0 Å². The monoisotopic (exact) mass is 328 g/mol. The van der Waals surface area contributed by atoms with E-state index in [-0.39, 0.29) is 6.10 Å². The summed E-state index contributed by atoms with van der Waals surface area (Å²) in [4.78, 5) is 5.67. The third kappa shape index (κ3) is 3.45. The Morgan fingerprint density at radius 3 is 2.71 bits per heavy atom. The van der Waals surface area contributed by atoms with E-state index < -0.39 is 5.60 Å². The van der Waals surface area contributed by atoms with Crippen LogP contribution in [0.25, 0.3) is 10.9 Å². The highest BCUT2D eigenvalue weighted by molar-refractivity contribution is 5.85. The number of aliphatic hydroxyl groups is 1. The Bertz CT molecular complexity index is 667. The summed E-state index contributed by atoms with van der Waals surface area (Å²) in [5.74, 6) is 0.984. The fourth-order valence-corrected chi connectivity index (χ4v) is 4.31. The van der Waals surface area contributed by atoms with Crippen LogP contribution in [0.1, 0.15) is 44.9 Å². The summed E-state index contributed by atoms with van der Waals surface area (Å²) in [7, 11) is 0. The SMILES string of the molecule is OC1(CN2CCC(Oc3cccc4[nH]ccc34)CC2)CCCCC1. The number of β-amino-alcohol motifs (C(OH)–C–C–N with tert-alkyl or cyclic N) is 1. The number of fused-ring (bicyclic) bond motifs is 1. The molecule has 0 radical (unpaired) electrons. The van der Waals surface area contributed by atoms with Crippen LogP contribution < -0.4 is 4.74 Å². The highest BCUT2D eigenvalue weighted by Crippen LogP contribution is 2.31. The maximum Gasteiger partial charge on any atom is 0.129 e. The third-order valence-corrected chi connectivity index (χ3v) is 5.69. The molecule has 1 aromatic carbocycles. The summed E-state index contributed by atoms with van der Waals surface area (Å²) >= 11 is 0. The van der Waals surface area contributed by atoms with Crippen LogP contribution in [0.15, 0.2) is 30.5 Å². The van der Waals surface area contributed by atoms with Crippen molar-refractivity contribution in [2.24, 2.45) is 0 Å². The fraction of sp³-hybridized carbons (Fsp3) is 0.600. The van der Waals surface area contributed by atoms with E-state index in [9.17, 15) is 5.11 Å². The second kappa shape index (κ2) is 6.77. The molecule has 4 heteroatoms. The van der Waals surface area contributed by atoms with E-state index >= 15 is 0 Å². The lowest BCUT2D eigenvalue weighted by atomic mass is 9.84. The first-order valence-electron chi connectivity index (χ1n) is 9.39. The second-order valence-corrected chi connectivity index (χ2v) is 7.57. The van der Waals surface area contributed by atoms with Gasteiger partial charge in [-0.2, -0.15) is 0 Å². The van der Waals surface area contributed by atoms with E-state index in [1.807, 2.05) is 12.3 Å². The quantitative estimate of drug-likeness (QED) is 0.899. The van der Waals surface area contributed by atoms with Crippen molar-refractivity contribution in [2.45, 2.75) is 56.7 Å². The molecule has 0 amide bonds. The summed E-state index contributed by atoms with van der Waals surface area (Å²) < 4.78 is 6.28. The molecule has 0 unspecified atom stereocenters. The van der Waals surface area contributed by atoms with Crippen molar-refractivity contribution in [2.75, 3.05) is 19.6 Å². The molecular formula is C20H28N2O2. The van der Waals surface area contributed by atoms with Gasteiger partial charge in [-0.3, -0.25) is 0 Å². The standard InChI is InChI=1S/C20H28N2O2/c23-20(10-2-1-3-11-20)15-22-13-8-16(9-14-22)24-19-6-4-5-18-17(19)7-12-21-18/h4-7,12,16,21,23H,1-3,8-11,13-15H2. The van der Waals surface area contributed by atoms with Crippen molar-refractivity contribution >= 4 is 10.9 Å². The zero-order valence-corrected chi connectivity index (χ0v) is 14.3. The van der Waals surface area contributed by atoms with Gasteiger partial charge in [0.1, 0.15) is 11.9 Å². The van der Waals surface area contributed by atoms with E-state index in [2.05, 4.69) is 28.1 Å². The number of nitrogens with zero attached hydrogens (tertiary/aromatic N) is 1.